The van der Waals surface area contributed by atoms with Gasteiger partial charge in [0, 0.05) is 12.7 Å². The van der Waals surface area contributed by atoms with E-state index in [0.717, 1.165) is 16.8 Å². The molecule has 0 N–H and O–H groups in total. The van der Waals surface area contributed by atoms with Crippen molar-refractivity contribution in [3.8, 4) is 0 Å². The van der Waals surface area contributed by atoms with Gasteiger partial charge in [-0.15, -0.1) is 0 Å². The first-order valence-corrected chi connectivity index (χ1v) is 4.44. The van der Waals surface area contributed by atoms with Gasteiger partial charge in [-0.3, -0.25) is 0 Å². The summed E-state index contributed by atoms with van der Waals surface area (Å²) in [7, 11) is 3.22. The van der Waals surface area contributed by atoms with Gasteiger partial charge in [0.2, 0.25) is 0 Å². The van der Waals surface area contributed by atoms with Crippen LogP contribution in [0.4, 0.5) is 0 Å². The summed E-state index contributed by atoms with van der Waals surface area (Å²) in [4.78, 5) is 4.74. The highest BCUT2D eigenvalue weighted by molar-refractivity contribution is 5.99. The first kappa shape index (κ1) is 10.7. The summed E-state index contributed by atoms with van der Waals surface area (Å²) >= 11 is 0. The summed E-state index contributed by atoms with van der Waals surface area (Å²) in [5.74, 6) is 0. The molecule has 0 bridgehead atoms. The molecule has 76 valence electrons. The Hall–Kier alpha value is -1.35. The molecule has 0 aliphatic carbocycles. The third-order valence-corrected chi connectivity index (χ3v) is 1.94. The lowest BCUT2D eigenvalue weighted by atomic mass is 10.0. The van der Waals surface area contributed by atoms with Gasteiger partial charge >= 0.3 is 0 Å². The van der Waals surface area contributed by atoms with E-state index in [0.29, 0.717) is 6.61 Å². The predicted molar refractivity (Wildman–Crippen MR) is 56.4 cm³/mol. The third-order valence-electron chi connectivity index (χ3n) is 1.94. The Labute approximate surface area is 84.3 Å². The maximum Gasteiger partial charge on any atom is 0.106 e. The summed E-state index contributed by atoms with van der Waals surface area (Å²) in [5.41, 5.74) is 3.05. The van der Waals surface area contributed by atoms with Crippen LogP contribution in [0.5, 0.6) is 0 Å². The Bertz CT molecular complexity index is 321. The number of hydrogen-bond acceptors (Lipinski definition) is 3. The van der Waals surface area contributed by atoms with E-state index in [1.165, 1.54) is 0 Å². The van der Waals surface area contributed by atoms with Crippen LogP contribution in [0, 0.1) is 0 Å². The molecule has 0 amide bonds. The standard InChI is InChI=1S/C11H15NO2/c1-9(12-14-3)11-7-5-4-6-10(11)8-13-2/h4-7H,8H2,1-3H3/b12-9+. The van der Waals surface area contributed by atoms with Crippen molar-refractivity contribution in [2.24, 2.45) is 5.16 Å². The molecule has 0 aliphatic rings. The van der Waals surface area contributed by atoms with E-state index in [2.05, 4.69) is 5.16 Å². The minimum Gasteiger partial charge on any atom is -0.399 e. The van der Waals surface area contributed by atoms with Crippen molar-refractivity contribution in [1.29, 1.82) is 0 Å². The molecule has 0 fully saturated rings. The molecule has 0 saturated carbocycles. The van der Waals surface area contributed by atoms with Crippen LogP contribution in [0.2, 0.25) is 0 Å². The topological polar surface area (TPSA) is 30.8 Å². The lowest BCUT2D eigenvalue weighted by molar-refractivity contribution is 0.184. The quantitative estimate of drug-likeness (QED) is 0.542. The number of rotatable bonds is 4. The van der Waals surface area contributed by atoms with Gasteiger partial charge in [0.15, 0.2) is 0 Å². The average Bonchev–Trinajstić information content (AvgIpc) is 2.19. The summed E-state index contributed by atoms with van der Waals surface area (Å²) in [6.07, 6.45) is 0. The van der Waals surface area contributed by atoms with E-state index >= 15 is 0 Å². The molecule has 0 atom stereocenters. The maximum atomic E-state index is 5.10. The summed E-state index contributed by atoms with van der Waals surface area (Å²) in [5, 5.41) is 3.90. The second-order valence-corrected chi connectivity index (χ2v) is 2.95. The average molecular weight is 193 g/mol. The Morgan fingerprint density at radius 3 is 2.64 bits per heavy atom. The lowest BCUT2D eigenvalue weighted by Crippen LogP contribution is -2.02. The molecule has 0 heterocycles. The van der Waals surface area contributed by atoms with Gasteiger partial charge in [0.05, 0.1) is 12.3 Å². The number of ether oxygens (including phenoxy) is 1. The Morgan fingerprint density at radius 1 is 1.29 bits per heavy atom. The van der Waals surface area contributed by atoms with Crippen LogP contribution >= 0.6 is 0 Å². The molecule has 0 radical (unpaired) electrons. The van der Waals surface area contributed by atoms with Gasteiger partial charge < -0.3 is 9.57 Å². The molecule has 3 nitrogen and oxygen atoms in total. The van der Waals surface area contributed by atoms with Gasteiger partial charge in [-0.2, -0.15) is 0 Å². The molecular weight excluding hydrogens is 178 g/mol. The summed E-state index contributed by atoms with van der Waals surface area (Å²) in [6, 6.07) is 7.99. The minimum atomic E-state index is 0.590. The molecule has 0 aliphatic heterocycles. The largest absolute Gasteiger partial charge is 0.399 e. The van der Waals surface area contributed by atoms with E-state index in [4.69, 9.17) is 9.57 Å². The van der Waals surface area contributed by atoms with Gasteiger partial charge in [-0.25, -0.2) is 0 Å². The fourth-order valence-electron chi connectivity index (χ4n) is 1.34. The Morgan fingerprint density at radius 2 is 2.00 bits per heavy atom. The first-order valence-electron chi connectivity index (χ1n) is 4.44. The fraction of sp³-hybridized carbons (Fsp3) is 0.364. The summed E-state index contributed by atoms with van der Waals surface area (Å²) in [6.45, 7) is 2.50. The predicted octanol–water partition coefficient (Wildman–Crippen LogP) is 2.20. The molecule has 14 heavy (non-hydrogen) atoms. The molecule has 1 rings (SSSR count). The Kier molecular flexibility index (Phi) is 4.13. The monoisotopic (exact) mass is 193 g/mol. The third kappa shape index (κ3) is 2.57. The van der Waals surface area contributed by atoms with Gasteiger partial charge in [0.25, 0.3) is 0 Å². The normalized spacial score (nSPS) is 11.5. The zero-order valence-corrected chi connectivity index (χ0v) is 8.78. The fourth-order valence-corrected chi connectivity index (χ4v) is 1.34. The number of hydrogen-bond donors (Lipinski definition) is 0. The van der Waals surface area contributed by atoms with Crippen LogP contribution in [0.15, 0.2) is 29.4 Å². The molecule has 0 unspecified atom stereocenters. The maximum absolute atomic E-state index is 5.10. The van der Waals surface area contributed by atoms with E-state index in [9.17, 15) is 0 Å². The van der Waals surface area contributed by atoms with Crippen LogP contribution in [0.3, 0.4) is 0 Å². The SMILES string of the molecule is COCc1ccccc1/C(C)=N/OC. The number of benzene rings is 1. The number of nitrogens with zero attached hydrogens (tertiary/aromatic N) is 1. The first-order chi connectivity index (χ1) is 6.79. The summed E-state index contributed by atoms with van der Waals surface area (Å²) < 4.78 is 5.10. The van der Waals surface area contributed by atoms with Crippen molar-refractivity contribution < 1.29 is 9.57 Å². The zero-order valence-electron chi connectivity index (χ0n) is 8.78. The second-order valence-electron chi connectivity index (χ2n) is 2.95. The molecule has 0 saturated heterocycles. The van der Waals surface area contributed by atoms with Crippen molar-refractivity contribution in [1.82, 2.24) is 0 Å². The second kappa shape index (κ2) is 5.40. The minimum absolute atomic E-state index is 0.590. The van der Waals surface area contributed by atoms with E-state index < -0.39 is 0 Å². The highest BCUT2D eigenvalue weighted by Crippen LogP contribution is 2.11. The highest BCUT2D eigenvalue weighted by atomic mass is 16.6. The van der Waals surface area contributed by atoms with Crippen LogP contribution in [-0.2, 0) is 16.2 Å². The molecule has 3 heteroatoms. The van der Waals surface area contributed by atoms with Crippen LogP contribution in [-0.4, -0.2) is 19.9 Å². The highest BCUT2D eigenvalue weighted by Gasteiger charge is 2.04. The number of methoxy groups -OCH3 is 1. The van der Waals surface area contributed by atoms with Crippen molar-refractivity contribution in [2.45, 2.75) is 13.5 Å². The Balaban J connectivity index is 3.00. The lowest BCUT2D eigenvalue weighted by Gasteiger charge is -2.07. The van der Waals surface area contributed by atoms with E-state index in [1.807, 2.05) is 31.2 Å². The van der Waals surface area contributed by atoms with Gasteiger partial charge in [-0.1, -0.05) is 29.4 Å². The molecule has 0 aromatic heterocycles. The van der Waals surface area contributed by atoms with Crippen molar-refractivity contribution in [3.05, 3.63) is 35.4 Å². The van der Waals surface area contributed by atoms with Gasteiger partial charge in [-0.05, 0) is 12.5 Å². The van der Waals surface area contributed by atoms with Crippen molar-refractivity contribution >= 4 is 5.71 Å². The van der Waals surface area contributed by atoms with E-state index in [-0.39, 0.29) is 0 Å². The van der Waals surface area contributed by atoms with Crippen molar-refractivity contribution in [2.75, 3.05) is 14.2 Å². The van der Waals surface area contributed by atoms with Crippen molar-refractivity contribution in [3.63, 3.8) is 0 Å². The smallest absolute Gasteiger partial charge is 0.106 e. The molecule has 0 spiro atoms. The molecule has 1 aromatic rings. The van der Waals surface area contributed by atoms with E-state index in [1.54, 1.807) is 14.2 Å². The van der Waals surface area contributed by atoms with Crippen LogP contribution in [0.25, 0.3) is 0 Å². The van der Waals surface area contributed by atoms with Crippen LogP contribution in [0.1, 0.15) is 18.1 Å². The van der Waals surface area contributed by atoms with Gasteiger partial charge in [0.1, 0.15) is 7.11 Å². The number of oxime groups is 1. The van der Waals surface area contributed by atoms with Crippen LogP contribution < -0.4 is 0 Å². The molecule has 1 aromatic carbocycles. The molecular formula is C11H15NO2. The zero-order chi connectivity index (χ0) is 10.4.